The Labute approximate surface area is 286 Å². The van der Waals surface area contributed by atoms with Gasteiger partial charge in [-0.2, -0.15) is 0 Å². The summed E-state index contributed by atoms with van der Waals surface area (Å²) in [6.45, 7) is 2.49. The van der Waals surface area contributed by atoms with Crippen molar-refractivity contribution in [3.63, 3.8) is 0 Å². The molecule has 47 heavy (non-hydrogen) atoms. The van der Waals surface area contributed by atoms with Crippen molar-refractivity contribution in [2.45, 2.75) is 61.0 Å². The van der Waals surface area contributed by atoms with Crippen LogP contribution in [0.4, 0.5) is 0 Å². The summed E-state index contributed by atoms with van der Waals surface area (Å²) in [5.41, 5.74) is -0.502. The van der Waals surface area contributed by atoms with Gasteiger partial charge in [0.05, 0.1) is 40.0 Å². The Morgan fingerprint density at radius 2 is 1.40 bits per heavy atom. The number of hydrogen-bond donors (Lipinski definition) is 3. The van der Waals surface area contributed by atoms with E-state index in [2.05, 4.69) is 22.2 Å². The summed E-state index contributed by atoms with van der Waals surface area (Å²) in [6.07, 6.45) is 4.44. The largest absolute Gasteiger partial charge is 0.478 e. The van der Waals surface area contributed by atoms with E-state index in [0.29, 0.717) is 36.1 Å². The summed E-state index contributed by atoms with van der Waals surface area (Å²) in [6, 6.07) is 14.9. The second kappa shape index (κ2) is 14.1. The minimum absolute atomic E-state index is 0.0304. The monoisotopic (exact) mass is 700 g/mol. The summed E-state index contributed by atoms with van der Waals surface area (Å²) in [7, 11) is 0.533. The van der Waals surface area contributed by atoms with Crippen LogP contribution in [-0.2, 0) is 25.2 Å². The molecule has 1 amide bonds. The molecule has 0 aromatic heterocycles. The number of carbonyl (C=O) groups is 3. The van der Waals surface area contributed by atoms with Crippen LogP contribution in [0.25, 0.3) is 0 Å². The molecule has 2 bridgehead atoms. The van der Waals surface area contributed by atoms with Crippen LogP contribution in [0, 0.1) is 0 Å². The number of rotatable bonds is 9. The Kier molecular flexibility index (Phi) is 10.1. The summed E-state index contributed by atoms with van der Waals surface area (Å²) < 4.78 is 13.5. The first-order valence-electron chi connectivity index (χ1n) is 15.8. The highest BCUT2D eigenvalue weighted by atomic mass is 35.5. The van der Waals surface area contributed by atoms with Gasteiger partial charge in [-0.25, -0.2) is 9.59 Å². The van der Waals surface area contributed by atoms with E-state index < -0.39 is 28.7 Å². The van der Waals surface area contributed by atoms with E-state index in [1.165, 1.54) is 25.0 Å². The topological polar surface area (TPSA) is 130 Å². The molecule has 250 valence electrons. The van der Waals surface area contributed by atoms with Gasteiger partial charge in [-0.15, -0.1) is 0 Å². The van der Waals surface area contributed by atoms with Gasteiger partial charge in [-0.3, -0.25) is 13.9 Å². The third kappa shape index (κ3) is 6.87. The molecule has 0 spiro atoms. The molecule has 4 unspecified atom stereocenters. The lowest BCUT2D eigenvalue weighted by Gasteiger charge is -2.45. The third-order valence-electron chi connectivity index (χ3n) is 10.1. The predicted molar refractivity (Wildman–Crippen MR) is 180 cm³/mol. The van der Waals surface area contributed by atoms with E-state index in [4.69, 9.17) is 23.2 Å². The molecule has 0 aliphatic carbocycles. The minimum Gasteiger partial charge on any atom is -0.478 e. The van der Waals surface area contributed by atoms with Crippen LogP contribution < -0.4 is 5.32 Å². The van der Waals surface area contributed by atoms with Crippen LogP contribution in [0.5, 0.6) is 0 Å². The smallest absolute Gasteiger partial charge is 0.334 e. The summed E-state index contributed by atoms with van der Waals surface area (Å²) in [4.78, 5) is 46.8. The van der Waals surface area contributed by atoms with Crippen LogP contribution in [0.1, 0.15) is 43.6 Å². The lowest BCUT2D eigenvalue weighted by Crippen LogP contribution is -2.56. The molecular formula is C34H38Cl2N4O6S. The molecule has 6 rings (SSSR count). The van der Waals surface area contributed by atoms with Gasteiger partial charge in [0.1, 0.15) is 0 Å². The van der Waals surface area contributed by atoms with Crippen LogP contribution in [0.15, 0.2) is 76.0 Å². The van der Waals surface area contributed by atoms with Crippen LogP contribution in [0.3, 0.4) is 0 Å². The molecular weight excluding hydrogens is 663 g/mol. The number of piperazine rings is 1. The number of piperidine rings is 1. The molecule has 10 nitrogen and oxygen atoms in total. The van der Waals surface area contributed by atoms with E-state index >= 15 is 0 Å². The highest BCUT2D eigenvalue weighted by molar-refractivity contribution is 7.85. The maximum absolute atomic E-state index is 13.8. The SMILES string of the molecule is CN1C2CCC1CC(N1CCN(C(=O)CC3=C(C(=O)O)C(c4c(Cl)cccc4Cl)C(C(=O)O)=C(CS(=O)c4ccccc4)N3)CC1)C2. The summed E-state index contributed by atoms with van der Waals surface area (Å²) in [5, 5.41) is 24.1. The van der Waals surface area contributed by atoms with Gasteiger partial charge in [0.25, 0.3) is 0 Å². The van der Waals surface area contributed by atoms with Crippen molar-refractivity contribution >= 4 is 51.8 Å². The number of carbonyl (C=O) groups excluding carboxylic acids is 1. The number of nitrogens with one attached hydrogen (secondary N) is 1. The molecule has 3 saturated heterocycles. The number of benzene rings is 2. The number of nitrogens with zero attached hydrogens (tertiary/aromatic N) is 3. The molecule has 0 radical (unpaired) electrons. The van der Waals surface area contributed by atoms with Crippen molar-refractivity contribution in [2.24, 2.45) is 0 Å². The normalized spacial score (nSPS) is 25.9. The van der Waals surface area contributed by atoms with E-state index in [9.17, 15) is 28.8 Å². The highest BCUT2D eigenvalue weighted by Gasteiger charge is 2.43. The third-order valence-corrected chi connectivity index (χ3v) is 12.2. The Morgan fingerprint density at radius 1 is 0.830 bits per heavy atom. The molecule has 2 aromatic carbocycles. The van der Waals surface area contributed by atoms with Crippen molar-refractivity contribution in [3.05, 3.63) is 86.7 Å². The number of hydrogen-bond acceptors (Lipinski definition) is 7. The molecule has 0 saturated carbocycles. The number of carboxylic acid groups (broad SMARTS) is 2. The number of dihydropyridines is 1. The summed E-state index contributed by atoms with van der Waals surface area (Å²) in [5.74, 6) is -4.78. The molecule has 4 aliphatic rings. The quantitative estimate of drug-likeness (QED) is 0.350. The molecule has 3 fully saturated rings. The molecule has 3 N–H and O–H groups in total. The fraction of sp³-hybridized carbons (Fsp3) is 0.441. The predicted octanol–water partition coefficient (Wildman–Crippen LogP) is 4.32. The van der Waals surface area contributed by atoms with E-state index in [1.807, 2.05) is 0 Å². The fourth-order valence-corrected chi connectivity index (χ4v) is 9.44. The summed E-state index contributed by atoms with van der Waals surface area (Å²) >= 11 is 13.1. The van der Waals surface area contributed by atoms with Gasteiger partial charge < -0.3 is 25.3 Å². The van der Waals surface area contributed by atoms with Gasteiger partial charge in [-0.05, 0) is 57.0 Å². The van der Waals surface area contributed by atoms with Gasteiger partial charge in [0.2, 0.25) is 5.91 Å². The first kappa shape index (κ1) is 33.7. The molecule has 4 atom stereocenters. The van der Waals surface area contributed by atoms with Gasteiger partial charge in [0, 0.05) is 76.2 Å². The molecule has 4 heterocycles. The fourth-order valence-electron chi connectivity index (χ4n) is 7.71. The number of aliphatic carboxylic acids is 2. The number of carboxylic acids is 2. The van der Waals surface area contributed by atoms with Gasteiger partial charge >= 0.3 is 11.9 Å². The maximum atomic E-state index is 13.8. The Morgan fingerprint density at radius 3 is 1.98 bits per heavy atom. The zero-order valence-corrected chi connectivity index (χ0v) is 28.4. The second-order valence-corrected chi connectivity index (χ2v) is 14.9. The van der Waals surface area contributed by atoms with Crippen molar-refractivity contribution in [1.29, 1.82) is 0 Å². The standard InChI is InChI=1S/C34H38Cl2N4O6S/c1-38-20-10-11-21(38)17-22(16-20)39-12-14-40(15-13-39)28(41)18-26-30(33(42)43)32(29-24(35)8-5-9-25(29)36)31(34(44)45)27(37-26)19-47(46)23-6-3-2-4-7-23/h2-9,20-22,32,37H,10-19H2,1H3,(H,42,43)(H,44,45). The second-order valence-electron chi connectivity index (χ2n) is 12.7. The first-order valence-corrected chi connectivity index (χ1v) is 17.9. The highest BCUT2D eigenvalue weighted by Crippen LogP contribution is 2.45. The van der Waals surface area contributed by atoms with Crippen molar-refractivity contribution in [3.8, 4) is 0 Å². The Bertz CT molecular complexity index is 1620. The van der Waals surface area contributed by atoms with E-state index in [1.54, 1.807) is 41.3 Å². The average Bonchev–Trinajstić information content (AvgIpc) is 3.23. The van der Waals surface area contributed by atoms with Crippen LogP contribution in [0.2, 0.25) is 10.0 Å². The zero-order chi connectivity index (χ0) is 33.4. The minimum atomic E-state index is -1.69. The Balaban J connectivity index is 1.29. The van der Waals surface area contributed by atoms with Gasteiger partial charge in [0.15, 0.2) is 0 Å². The molecule has 4 aliphatic heterocycles. The number of fused-ring (bicyclic) bond motifs is 2. The van der Waals surface area contributed by atoms with Crippen molar-refractivity contribution in [1.82, 2.24) is 20.0 Å². The number of amides is 1. The number of halogens is 2. The van der Waals surface area contributed by atoms with E-state index in [0.717, 1.165) is 25.9 Å². The molecule has 13 heteroatoms. The Hall–Kier alpha value is -3.22. The lowest BCUT2D eigenvalue weighted by molar-refractivity contribution is -0.133. The lowest BCUT2D eigenvalue weighted by atomic mass is 9.79. The zero-order valence-electron chi connectivity index (χ0n) is 26.0. The van der Waals surface area contributed by atoms with Gasteiger partial charge in [-0.1, -0.05) is 47.5 Å². The first-order chi connectivity index (χ1) is 22.5. The van der Waals surface area contributed by atoms with Crippen molar-refractivity contribution in [2.75, 3.05) is 39.0 Å². The maximum Gasteiger partial charge on any atom is 0.334 e. The average molecular weight is 702 g/mol. The van der Waals surface area contributed by atoms with E-state index in [-0.39, 0.29) is 56.2 Å². The van der Waals surface area contributed by atoms with Crippen LogP contribution >= 0.6 is 23.2 Å². The van der Waals surface area contributed by atoms with Crippen LogP contribution in [-0.4, -0.2) is 104 Å². The molecule has 2 aromatic rings. The van der Waals surface area contributed by atoms with Crippen molar-refractivity contribution < 1.29 is 28.8 Å².